The molecule has 2 aromatic rings. The van der Waals surface area contributed by atoms with Crippen molar-refractivity contribution in [3.63, 3.8) is 0 Å². The summed E-state index contributed by atoms with van der Waals surface area (Å²) in [6.45, 7) is 0.437. The summed E-state index contributed by atoms with van der Waals surface area (Å²) in [6, 6.07) is 8.28. The first-order valence-electron chi connectivity index (χ1n) is 7.15. The van der Waals surface area contributed by atoms with Gasteiger partial charge in [0.25, 0.3) is 0 Å². The topological polar surface area (TPSA) is 44.5 Å². The van der Waals surface area contributed by atoms with Crippen LogP contribution in [0, 0.1) is 5.82 Å². The van der Waals surface area contributed by atoms with E-state index in [1.54, 1.807) is 19.2 Å². The van der Waals surface area contributed by atoms with E-state index in [1.807, 2.05) is 6.07 Å². The van der Waals surface area contributed by atoms with Crippen LogP contribution < -0.4 is 15.2 Å². The third-order valence-electron chi connectivity index (χ3n) is 3.88. The van der Waals surface area contributed by atoms with Crippen LogP contribution in [0.2, 0.25) is 5.02 Å². The van der Waals surface area contributed by atoms with E-state index in [0.717, 1.165) is 24.0 Å². The average molecular weight is 322 g/mol. The van der Waals surface area contributed by atoms with E-state index >= 15 is 0 Å². The largest absolute Gasteiger partial charge is 0.497 e. The van der Waals surface area contributed by atoms with Gasteiger partial charge in [0.05, 0.1) is 12.1 Å². The van der Waals surface area contributed by atoms with E-state index in [2.05, 4.69) is 0 Å². The molecule has 0 radical (unpaired) electrons. The van der Waals surface area contributed by atoms with Crippen molar-refractivity contribution in [3.8, 4) is 22.6 Å². The van der Waals surface area contributed by atoms with Crippen molar-refractivity contribution >= 4 is 11.6 Å². The van der Waals surface area contributed by atoms with Crippen LogP contribution in [0.5, 0.6) is 11.5 Å². The predicted octanol–water partition coefficient (Wildman–Crippen LogP) is 3.81. The zero-order valence-electron chi connectivity index (χ0n) is 12.2. The standard InChI is InChI=1S/C17H17ClFNO2/c1-21-12-4-5-14(16(18)8-12)15-7-11(19)6-10-2-3-13(9-20)22-17(10)15/h4-8,13H,2-3,9,20H2,1H3/t13-/m1/s1. The van der Waals surface area contributed by atoms with Gasteiger partial charge >= 0.3 is 0 Å². The van der Waals surface area contributed by atoms with Crippen molar-refractivity contribution in [3.05, 3.63) is 46.7 Å². The molecule has 0 amide bonds. The number of hydrogen-bond acceptors (Lipinski definition) is 3. The molecule has 2 N–H and O–H groups in total. The highest BCUT2D eigenvalue weighted by molar-refractivity contribution is 6.33. The first-order chi connectivity index (χ1) is 10.6. The summed E-state index contributed by atoms with van der Waals surface area (Å²) in [5.74, 6) is 1.03. The van der Waals surface area contributed by atoms with E-state index in [0.29, 0.717) is 28.6 Å². The van der Waals surface area contributed by atoms with Crippen LogP contribution >= 0.6 is 11.6 Å². The SMILES string of the molecule is COc1ccc(-c2cc(F)cc3c2O[C@@H](CN)CC3)c(Cl)c1. The van der Waals surface area contributed by atoms with Crippen LogP contribution in [-0.2, 0) is 6.42 Å². The van der Waals surface area contributed by atoms with Gasteiger partial charge in [0.1, 0.15) is 23.4 Å². The molecule has 0 saturated heterocycles. The van der Waals surface area contributed by atoms with Crippen molar-refractivity contribution in [2.45, 2.75) is 18.9 Å². The highest BCUT2D eigenvalue weighted by atomic mass is 35.5. The molecule has 5 heteroatoms. The molecule has 3 rings (SSSR count). The molecular formula is C17H17ClFNO2. The molecule has 0 spiro atoms. The van der Waals surface area contributed by atoms with Gasteiger partial charge < -0.3 is 15.2 Å². The summed E-state index contributed by atoms with van der Waals surface area (Å²) in [7, 11) is 1.57. The minimum Gasteiger partial charge on any atom is -0.497 e. The van der Waals surface area contributed by atoms with Crippen LogP contribution in [0.1, 0.15) is 12.0 Å². The van der Waals surface area contributed by atoms with Crippen molar-refractivity contribution in [2.75, 3.05) is 13.7 Å². The maximum absolute atomic E-state index is 13.9. The summed E-state index contributed by atoms with van der Waals surface area (Å²) < 4.78 is 25.1. The lowest BCUT2D eigenvalue weighted by molar-refractivity contribution is 0.182. The molecule has 0 aliphatic carbocycles. The molecule has 1 heterocycles. The summed E-state index contributed by atoms with van der Waals surface area (Å²) in [6.07, 6.45) is 1.49. The number of methoxy groups -OCH3 is 1. The second-order valence-electron chi connectivity index (χ2n) is 5.30. The molecule has 116 valence electrons. The van der Waals surface area contributed by atoms with Crippen LogP contribution in [0.4, 0.5) is 4.39 Å². The van der Waals surface area contributed by atoms with Gasteiger partial charge in [-0.15, -0.1) is 0 Å². The second-order valence-corrected chi connectivity index (χ2v) is 5.71. The van der Waals surface area contributed by atoms with Crippen LogP contribution in [0.15, 0.2) is 30.3 Å². The third kappa shape index (κ3) is 2.76. The van der Waals surface area contributed by atoms with Gasteiger partial charge in [-0.3, -0.25) is 0 Å². The molecular weight excluding hydrogens is 305 g/mol. The fraction of sp³-hybridized carbons (Fsp3) is 0.294. The van der Waals surface area contributed by atoms with E-state index in [4.69, 9.17) is 26.8 Å². The molecule has 0 aromatic heterocycles. The number of ether oxygens (including phenoxy) is 2. The molecule has 0 bridgehead atoms. The maximum Gasteiger partial charge on any atom is 0.131 e. The van der Waals surface area contributed by atoms with Crippen molar-refractivity contribution in [1.82, 2.24) is 0 Å². The minimum atomic E-state index is -0.296. The zero-order chi connectivity index (χ0) is 15.7. The summed E-state index contributed by atoms with van der Waals surface area (Å²) in [5, 5.41) is 0.491. The normalized spacial score (nSPS) is 16.8. The highest BCUT2D eigenvalue weighted by Crippen LogP contribution is 2.41. The second kappa shape index (κ2) is 6.15. The maximum atomic E-state index is 13.9. The Labute approximate surface area is 133 Å². The van der Waals surface area contributed by atoms with E-state index in [9.17, 15) is 4.39 Å². The first kappa shape index (κ1) is 15.1. The molecule has 0 saturated carbocycles. The molecule has 22 heavy (non-hydrogen) atoms. The van der Waals surface area contributed by atoms with Gasteiger partial charge in [-0.1, -0.05) is 11.6 Å². The van der Waals surface area contributed by atoms with Crippen LogP contribution in [0.3, 0.4) is 0 Å². The lowest BCUT2D eigenvalue weighted by Crippen LogP contribution is -2.30. The van der Waals surface area contributed by atoms with Gasteiger partial charge in [0.15, 0.2) is 0 Å². The Morgan fingerprint density at radius 3 is 2.82 bits per heavy atom. The zero-order valence-corrected chi connectivity index (χ0v) is 13.0. The van der Waals surface area contributed by atoms with E-state index in [-0.39, 0.29) is 11.9 Å². The van der Waals surface area contributed by atoms with Crippen molar-refractivity contribution < 1.29 is 13.9 Å². The Morgan fingerprint density at radius 2 is 2.14 bits per heavy atom. The monoisotopic (exact) mass is 321 g/mol. The predicted molar refractivity (Wildman–Crippen MR) is 85.2 cm³/mol. The number of nitrogens with two attached hydrogens (primary N) is 1. The molecule has 1 atom stereocenters. The smallest absolute Gasteiger partial charge is 0.131 e. The lowest BCUT2D eigenvalue weighted by Gasteiger charge is -2.27. The fourth-order valence-corrected chi connectivity index (χ4v) is 3.00. The number of aryl methyl sites for hydroxylation is 1. The van der Waals surface area contributed by atoms with Gasteiger partial charge in [0.2, 0.25) is 0 Å². The van der Waals surface area contributed by atoms with Crippen LogP contribution in [-0.4, -0.2) is 19.8 Å². The average Bonchev–Trinajstić information content (AvgIpc) is 2.53. The number of fused-ring (bicyclic) bond motifs is 1. The van der Waals surface area contributed by atoms with Gasteiger partial charge in [0, 0.05) is 17.7 Å². The van der Waals surface area contributed by atoms with E-state index < -0.39 is 0 Å². The molecule has 3 nitrogen and oxygen atoms in total. The van der Waals surface area contributed by atoms with Gasteiger partial charge in [-0.05, 0) is 48.7 Å². The fourth-order valence-electron chi connectivity index (χ4n) is 2.72. The van der Waals surface area contributed by atoms with Gasteiger partial charge in [-0.2, -0.15) is 0 Å². The molecule has 0 unspecified atom stereocenters. The quantitative estimate of drug-likeness (QED) is 0.935. The summed E-state index contributed by atoms with van der Waals surface area (Å²) in [4.78, 5) is 0. The summed E-state index contributed by atoms with van der Waals surface area (Å²) in [5.41, 5.74) is 7.93. The molecule has 0 fully saturated rings. The number of halogens is 2. The Morgan fingerprint density at radius 1 is 1.32 bits per heavy atom. The van der Waals surface area contributed by atoms with Crippen molar-refractivity contribution in [1.29, 1.82) is 0 Å². The molecule has 1 aliphatic rings. The first-order valence-corrected chi connectivity index (χ1v) is 7.53. The highest BCUT2D eigenvalue weighted by Gasteiger charge is 2.24. The Kier molecular flexibility index (Phi) is 4.23. The lowest BCUT2D eigenvalue weighted by atomic mass is 9.95. The minimum absolute atomic E-state index is 0.0475. The Hall–Kier alpha value is -1.78. The number of rotatable bonds is 3. The Balaban J connectivity index is 2.13. The molecule has 1 aliphatic heterocycles. The van der Waals surface area contributed by atoms with E-state index in [1.165, 1.54) is 12.1 Å². The van der Waals surface area contributed by atoms with Gasteiger partial charge in [-0.25, -0.2) is 4.39 Å². The summed E-state index contributed by atoms with van der Waals surface area (Å²) >= 11 is 6.33. The number of benzene rings is 2. The van der Waals surface area contributed by atoms with Crippen LogP contribution in [0.25, 0.3) is 11.1 Å². The third-order valence-corrected chi connectivity index (χ3v) is 4.19. The molecule has 2 aromatic carbocycles. The van der Waals surface area contributed by atoms with Crippen molar-refractivity contribution in [2.24, 2.45) is 5.73 Å². The Bertz CT molecular complexity index is 705. The number of hydrogen-bond donors (Lipinski definition) is 1.